The highest BCUT2D eigenvalue weighted by Crippen LogP contribution is 2.21. The van der Waals surface area contributed by atoms with Gasteiger partial charge in [-0.2, -0.15) is 0 Å². The van der Waals surface area contributed by atoms with Gasteiger partial charge >= 0.3 is 0 Å². The number of hydrogen-bond acceptors (Lipinski definition) is 3. The second kappa shape index (κ2) is 4.36. The number of carbonyl (C=O) groups excluding carboxylic acids is 1. The molecule has 0 aliphatic heterocycles. The molecule has 1 rings (SSSR count). The second-order valence-electron chi connectivity index (χ2n) is 3.00. The zero-order valence-corrected chi connectivity index (χ0v) is 7.97. The standard InChI is InChI=1S/C10H10N2O3/c1-2-8-5-7(6-10(11)13)3-4-9(8)12(14)15/h2-5H,1,6H2,(H2,11,13). The largest absolute Gasteiger partial charge is 0.369 e. The van der Waals surface area contributed by atoms with Crippen molar-refractivity contribution in [2.45, 2.75) is 6.42 Å². The minimum absolute atomic E-state index is 0.0294. The van der Waals surface area contributed by atoms with Gasteiger partial charge in [-0.25, -0.2) is 0 Å². The van der Waals surface area contributed by atoms with Gasteiger partial charge in [0.15, 0.2) is 0 Å². The van der Waals surface area contributed by atoms with E-state index in [2.05, 4.69) is 6.58 Å². The van der Waals surface area contributed by atoms with E-state index in [9.17, 15) is 14.9 Å². The van der Waals surface area contributed by atoms with Gasteiger partial charge in [0.25, 0.3) is 5.69 Å². The van der Waals surface area contributed by atoms with Crippen LogP contribution in [-0.2, 0) is 11.2 Å². The number of rotatable bonds is 4. The fourth-order valence-electron chi connectivity index (χ4n) is 1.24. The first-order chi connectivity index (χ1) is 7.04. The molecule has 0 aromatic heterocycles. The third kappa shape index (κ3) is 2.63. The molecule has 0 saturated carbocycles. The Hall–Kier alpha value is -2.17. The Labute approximate surface area is 86.4 Å². The zero-order chi connectivity index (χ0) is 11.4. The van der Waals surface area contributed by atoms with Gasteiger partial charge in [-0.1, -0.05) is 18.7 Å². The van der Waals surface area contributed by atoms with Crippen LogP contribution in [0.3, 0.4) is 0 Å². The molecule has 1 amide bonds. The predicted octanol–water partition coefficient (Wildman–Crippen LogP) is 1.27. The van der Waals surface area contributed by atoms with Crippen molar-refractivity contribution in [1.29, 1.82) is 0 Å². The number of amides is 1. The molecule has 0 bridgehead atoms. The smallest absolute Gasteiger partial charge is 0.276 e. The van der Waals surface area contributed by atoms with Crippen LogP contribution in [0.5, 0.6) is 0 Å². The number of nitrogens with two attached hydrogens (primary N) is 1. The SMILES string of the molecule is C=Cc1cc(CC(N)=O)ccc1[N+](=O)[O-]. The second-order valence-corrected chi connectivity index (χ2v) is 3.00. The summed E-state index contributed by atoms with van der Waals surface area (Å²) in [6, 6.07) is 4.39. The molecule has 15 heavy (non-hydrogen) atoms. The van der Waals surface area contributed by atoms with Crippen molar-refractivity contribution < 1.29 is 9.72 Å². The Bertz CT molecular complexity index is 427. The van der Waals surface area contributed by atoms with E-state index in [0.717, 1.165) is 0 Å². The van der Waals surface area contributed by atoms with Gasteiger partial charge in [0.2, 0.25) is 5.91 Å². The maximum absolute atomic E-state index is 10.6. The number of carbonyl (C=O) groups is 1. The molecular formula is C10H10N2O3. The summed E-state index contributed by atoms with van der Waals surface area (Å²) in [5.41, 5.74) is 6.02. The third-order valence-electron chi connectivity index (χ3n) is 1.89. The summed E-state index contributed by atoms with van der Waals surface area (Å²) in [5, 5.41) is 10.6. The Balaban J connectivity index is 3.13. The summed E-state index contributed by atoms with van der Waals surface area (Å²) in [4.78, 5) is 20.7. The minimum atomic E-state index is -0.495. The van der Waals surface area contributed by atoms with Crippen LogP contribution >= 0.6 is 0 Å². The lowest BCUT2D eigenvalue weighted by Crippen LogP contribution is -2.13. The molecule has 1 aromatic carbocycles. The molecule has 0 heterocycles. The highest BCUT2D eigenvalue weighted by atomic mass is 16.6. The van der Waals surface area contributed by atoms with Crippen LogP contribution < -0.4 is 5.73 Å². The highest BCUT2D eigenvalue weighted by Gasteiger charge is 2.11. The van der Waals surface area contributed by atoms with Crippen molar-refractivity contribution in [2.24, 2.45) is 5.73 Å². The lowest BCUT2D eigenvalue weighted by molar-refractivity contribution is -0.385. The van der Waals surface area contributed by atoms with Crippen molar-refractivity contribution in [1.82, 2.24) is 0 Å². The van der Waals surface area contributed by atoms with Crippen LogP contribution in [0.15, 0.2) is 24.8 Å². The lowest BCUT2D eigenvalue weighted by Gasteiger charge is -2.01. The normalized spacial score (nSPS) is 9.60. The molecule has 1 aromatic rings. The number of primary amides is 1. The average Bonchev–Trinajstić information content (AvgIpc) is 2.16. The molecule has 5 heteroatoms. The van der Waals surface area contributed by atoms with Crippen LogP contribution in [0.1, 0.15) is 11.1 Å². The summed E-state index contributed by atoms with van der Waals surface area (Å²) in [5.74, 6) is -0.473. The Morgan fingerprint density at radius 1 is 1.60 bits per heavy atom. The third-order valence-corrected chi connectivity index (χ3v) is 1.89. The number of benzene rings is 1. The maximum Gasteiger partial charge on any atom is 0.276 e. The quantitative estimate of drug-likeness (QED) is 0.594. The molecule has 0 radical (unpaired) electrons. The summed E-state index contributed by atoms with van der Waals surface area (Å²) in [6.07, 6.45) is 1.45. The molecule has 0 spiro atoms. The van der Waals surface area contributed by atoms with Gasteiger partial charge in [-0.05, 0) is 11.6 Å². The van der Waals surface area contributed by atoms with Crippen molar-refractivity contribution >= 4 is 17.7 Å². The van der Waals surface area contributed by atoms with E-state index in [-0.39, 0.29) is 12.1 Å². The molecule has 0 saturated heterocycles. The Morgan fingerprint density at radius 3 is 2.73 bits per heavy atom. The first-order valence-corrected chi connectivity index (χ1v) is 4.22. The van der Waals surface area contributed by atoms with Crippen LogP contribution in [0.4, 0.5) is 5.69 Å². The van der Waals surface area contributed by atoms with Gasteiger partial charge in [0, 0.05) is 6.07 Å². The van der Waals surface area contributed by atoms with Gasteiger partial charge in [0.05, 0.1) is 16.9 Å². The average molecular weight is 206 g/mol. The molecule has 2 N–H and O–H groups in total. The Morgan fingerprint density at radius 2 is 2.27 bits per heavy atom. The van der Waals surface area contributed by atoms with Crippen molar-refractivity contribution in [3.63, 3.8) is 0 Å². The van der Waals surface area contributed by atoms with E-state index in [1.54, 1.807) is 0 Å². The minimum Gasteiger partial charge on any atom is -0.369 e. The summed E-state index contributed by atoms with van der Waals surface area (Å²) >= 11 is 0. The fourth-order valence-corrected chi connectivity index (χ4v) is 1.24. The maximum atomic E-state index is 10.6. The van der Waals surface area contributed by atoms with Gasteiger partial charge in [0.1, 0.15) is 0 Å². The van der Waals surface area contributed by atoms with Gasteiger partial charge < -0.3 is 5.73 Å². The van der Waals surface area contributed by atoms with Gasteiger partial charge in [-0.15, -0.1) is 0 Å². The topological polar surface area (TPSA) is 86.2 Å². The zero-order valence-electron chi connectivity index (χ0n) is 7.97. The molecule has 0 aliphatic carbocycles. The van der Waals surface area contributed by atoms with E-state index in [4.69, 9.17) is 5.73 Å². The van der Waals surface area contributed by atoms with Gasteiger partial charge in [-0.3, -0.25) is 14.9 Å². The molecule has 78 valence electrons. The lowest BCUT2D eigenvalue weighted by atomic mass is 10.1. The van der Waals surface area contributed by atoms with E-state index in [1.807, 2.05) is 0 Å². The van der Waals surface area contributed by atoms with E-state index in [1.165, 1.54) is 24.3 Å². The molecule has 0 atom stereocenters. The molecule has 5 nitrogen and oxygen atoms in total. The van der Waals surface area contributed by atoms with Crippen molar-refractivity contribution in [3.05, 3.63) is 46.0 Å². The van der Waals surface area contributed by atoms with Crippen LogP contribution in [0.25, 0.3) is 6.08 Å². The van der Waals surface area contributed by atoms with Crippen LogP contribution in [-0.4, -0.2) is 10.8 Å². The number of nitrogens with zero attached hydrogens (tertiary/aromatic N) is 1. The summed E-state index contributed by atoms with van der Waals surface area (Å²) in [7, 11) is 0. The Kier molecular flexibility index (Phi) is 3.17. The first-order valence-electron chi connectivity index (χ1n) is 4.22. The van der Waals surface area contributed by atoms with Crippen LogP contribution in [0.2, 0.25) is 0 Å². The highest BCUT2D eigenvalue weighted by molar-refractivity contribution is 5.77. The number of hydrogen-bond donors (Lipinski definition) is 1. The first kappa shape index (κ1) is 10.9. The summed E-state index contributed by atoms with van der Waals surface area (Å²) in [6.45, 7) is 3.47. The number of nitro groups is 1. The number of nitro benzene ring substituents is 1. The van der Waals surface area contributed by atoms with E-state index in [0.29, 0.717) is 11.1 Å². The van der Waals surface area contributed by atoms with E-state index < -0.39 is 10.8 Å². The molecule has 0 aliphatic rings. The molecular weight excluding hydrogens is 196 g/mol. The monoisotopic (exact) mass is 206 g/mol. The summed E-state index contributed by atoms with van der Waals surface area (Å²) < 4.78 is 0. The van der Waals surface area contributed by atoms with Crippen molar-refractivity contribution in [2.75, 3.05) is 0 Å². The van der Waals surface area contributed by atoms with E-state index >= 15 is 0 Å². The molecule has 0 fully saturated rings. The van der Waals surface area contributed by atoms with Crippen LogP contribution in [0, 0.1) is 10.1 Å². The molecule has 0 unspecified atom stereocenters. The van der Waals surface area contributed by atoms with Crippen molar-refractivity contribution in [3.8, 4) is 0 Å². The fraction of sp³-hybridized carbons (Fsp3) is 0.100. The predicted molar refractivity (Wildman–Crippen MR) is 56.1 cm³/mol.